The molecule has 1 aromatic carbocycles. The van der Waals surface area contributed by atoms with Crippen molar-refractivity contribution in [2.75, 3.05) is 12.0 Å². The summed E-state index contributed by atoms with van der Waals surface area (Å²) in [6.07, 6.45) is -0.670. The van der Waals surface area contributed by atoms with E-state index in [1.54, 1.807) is 18.2 Å². The molecule has 0 aliphatic heterocycles. The zero-order valence-corrected chi connectivity index (χ0v) is 14.8. The Morgan fingerprint density at radius 3 is 2.15 bits per heavy atom. The van der Waals surface area contributed by atoms with Gasteiger partial charge in [0, 0.05) is 5.69 Å². The number of Topliss-reactive ketones (excluding diaryl/α,β-unsaturated/α-hetero) is 1. The van der Waals surface area contributed by atoms with Crippen LogP contribution in [-0.4, -0.2) is 53.5 Å². The third-order valence-corrected chi connectivity index (χ3v) is 3.55. The Labute approximate surface area is 150 Å². The van der Waals surface area contributed by atoms with E-state index in [2.05, 4.69) is 4.74 Å². The number of carboxylic acids is 1. The molecule has 9 heteroatoms. The van der Waals surface area contributed by atoms with E-state index >= 15 is 0 Å². The van der Waals surface area contributed by atoms with Gasteiger partial charge >= 0.3 is 11.9 Å². The number of nitrogens with two attached hydrogens (primary N) is 2. The van der Waals surface area contributed by atoms with E-state index < -0.39 is 47.7 Å². The van der Waals surface area contributed by atoms with Gasteiger partial charge < -0.3 is 21.3 Å². The molecule has 142 valence electrons. The molecule has 0 heterocycles. The molecule has 0 saturated heterocycles. The van der Waals surface area contributed by atoms with Crippen LogP contribution in [0.25, 0.3) is 0 Å². The monoisotopic (exact) mass is 365 g/mol. The summed E-state index contributed by atoms with van der Waals surface area (Å²) in [5.74, 6) is -3.98. The van der Waals surface area contributed by atoms with Crippen LogP contribution >= 0.6 is 0 Å². The second-order valence-electron chi connectivity index (χ2n) is 6.26. The molecule has 26 heavy (non-hydrogen) atoms. The van der Waals surface area contributed by atoms with Gasteiger partial charge in [-0.1, -0.05) is 18.2 Å². The molecular formula is C17H23N3O6. The van der Waals surface area contributed by atoms with Crippen molar-refractivity contribution >= 4 is 29.3 Å². The second kappa shape index (κ2) is 8.54. The highest BCUT2D eigenvalue weighted by molar-refractivity contribution is 6.16. The third kappa shape index (κ3) is 5.11. The molecule has 9 nitrogen and oxygen atoms in total. The fraction of sp³-hybridized carbons (Fsp3) is 0.412. The summed E-state index contributed by atoms with van der Waals surface area (Å²) in [6.45, 7) is 2.77. The molecule has 0 unspecified atom stereocenters. The van der Waals surface area contributed by atoms with Crippen LogP contribution in [0.2, 0.25) is 0 Å². The molecule has 1 amide bonds. The second-order valence-corrected chi connectivity index (χ2v) is 6.26. The van der Waals surface area contributed by atoms with Crippen molar-refractivity contribution in [3.8, 4) is 0 Å². The van der Waals surface area contributed by atoms with Gasteiger partial charge in [-0.15, -0.1) is 0 Å². The number of benzene rings is 1. The molecule has 0 bridgehead atoms. The largest absolute Gasteiger partial charge is 0.481 e. The van der Waals surface area contributed by atoms with Crippen molar-refractivity contribution in [2.45, 2.75) is 37.9 Å². The highest BCUT2D eigenvalue weighted by Gasteiger charge is 2.44. The molecule has 0 aliphatic carbocycles. The Kier molecular flexibility index (Phi) is 6.99. The van der Waals surface area contributed by atoms with E-state index in [0.717, 1.165) is 12.0 Å². The lowest BCUT2D eigenvalue weighted by Crippen LogP contribution is -2.61. The first-order chi connectivity index (χ1) is 12.0. The molecule has 5 N–H and O–H groups in total. The quantitative estimate of drug-likeness (QED) is 0.418. The number of nitrogens with zero attached hydrogens (tertiary/aromatic N) is 1. The smallest absolute Gasteiger partial charge is 0.336 e. The molecule has 0 radical (unpaired) electrons. The number of hydrogen-bond acceptors (Lipinski definition) is 7. The van der Waals surface area contributed by atoms with Gasteiger partial charge in [0.25, 0.3) is 0 Å². The van der Waals surface area contributed by atoms with Gasteiger partial charge in [-0.25, -0.2) is 4.79 Å². The number of aliphatic carboxylic acids is 1. The average molecular weight is 365 g/mol. The van der Waals surface area contributed by atoms with Gasteiger partial charge in [-0.3, -0.25) is 19.3 Å². The SMILES string of the molecule is COC(=O)[C@H](C(=O)C(C)(C)N)N(C(=O)[C@@H](N)CC(=O)O)c1ccccc1. The Morgan fingerprint density at radius 2 is 1.73 bits per heavy atom. The summed E-state index contributed by atoms with van der Waals surface area (Å²) in [5.41, 5.74) is 10.2. The Balaban J connectivity index is 3.49. The molecule has 0 aliphatic rings. The topological polar surface area (TPSA) is 153 Å². The average Bonchev–Trinajstić information content (AvgIpc) is 2.57. The molecule has 0 aromatic heterocycles. The number of esters is 1. The Morgan fingerprint density at radius 1 is 1.19 bits per heavy atom. The summed E-state index contributed by atoms with van der Waals surface area (Å²) < 4.78 is 4.68. The first kappa shape index (κ1) is 21.3. The van der Waals surface area contributed by atoms with E-state index in [-0.39, 0.29) is 5.69 Å². The number of amides is 1. The summed E-state index contributed by atoms with van der Waals surface area (Å²) >= 11 is 0. The number of para-hydroxylation sites is 1. The van der Waals surface area contributed by atoms with Crippen molar-refractivity contribution < 1.29 is 29.0 Å². The summed E-state index contributed by atoms with van der Waals surface area (Å²) in [5, 5.41) is 8.89. The van der Waals surface area contributed by atoms with Gasteiger partial charge in [-0.2, -0.15) is 0 Å². The van der Waals surface area contributed by atoms with Crippen LogP contribution in [0.4, 0.5) is 5.69 Å². The van der Waals surface area contributed by atoms with Crippen LogP contribution < -0.4 is 16.4 Å². The number of rotatable bonds is 8. The lowest BCUT2D eigenvalue weighted by Gasteiger charge is -2.33. The van der Waals surface area contributed by atoms with Gasteiger partial charge in [-0.05, 0) is 26.0 Å². The van der Waals surface area contributed by atoms with E-state index in [4.69, 9.17) is 16.6 Å². The molecular weight excluding hydrogens is 342 g/mol. The first-order valence-corrected chi connectivity index (χ1v) is 7.77. The zero-order valence-electron chi connectivity index (χ0n) is 14.8. The highest BCUT2D eigenvalue weighted by Crippen LogP contribution is 2.22. The number of methoxy groups -OCH3 is 1. The van der Waals surface area contributed by atoms with E-state index in [1.165, 1.54) is 26.0 Å². The number of carbonyl (C=O) groups excluding carboxylic acids is 3. The standard InChI is InChI=1S/C17H23N3O6/c1-17(2,19)14(23)13(16(25)26-3)20(10-7-5-4-6-8-10)15(24)11(18)9-12(21)22/h4-8,11,13H,9,18-19H2,1-3H3,(H,21,22)/t11-,13-/m0/s1. The number of carboxylic acid groups (broad SMARTS) is 1. The van der Waals surface area contributed by atoms with Gasteiger partial charge in [0.2, 0.25) is 5.91 Å². The predicted molar refractivity (Wildman–Crippen MR) is 93.2 cm³/mol. The minimum absolute atomic E-state index is 0.186. The van der Waals surface area contributed by atoms with Crippen LogP contribution in [-0.2, 0) is 23.9 Å². The molecule has 0 fully saturated rings. The van der Waals surface area contributed by atoms with Crippen molar-refractivity contribution in [2.24, 2.45) is 11.5 Å². The van der Waals surface area contributed by atoms with E-state index in [0.29, 0.717) is 0 Å². The number of ether oxygens (including phenoxy) is 1. The lowest BCUT2D eigenvalue weighted by atomic mass is 9.92. The van der Waals surface area contributed by atoms with Crippen LogP contribution in [0.15, 0.2) is 30.3 Å². The minimum atomic E-state index is -1.70. The zero-order chi connectivity index (χ0) is 20.1. The van der Waals surface area contributed by atoms with Crippen molar-refractivity contribution in [3.05, 3.63) is 30.3 Å². The van der Waals surface area contributed by atoms with Crippen LogP contribution in [0.3, 0.4) is 0 Å². The van der Waals surface area contributed by atoms with E-state index in [1.807, 2.05) is 0 Å². The Bertz CT molecular complexity index is 683. The molecule has 1 rings (SSSR count). The number of carbonyl (C=O) groups is 4. The maximum absolute atomic E-state index is 12.8. The number of anilines is 1. The fourth-order valence-corrected chi connectivity index (χ4v) is 2.24. The molecule has 0 spiro atoms. The maximum atomic E-state index is 12.8. The summed E-state index contributed by atoms with van der Waals surface area (Å²) in [4.78, 5) is 49.6. The molecule has 1 aromatic rings. The van der Waals surface area contributed by atoms with E-state index in [9.17, 15) is 19.2 Å². The van der Waals surface area contributed by atoms with Crippen molar-refractivity contribution in [1.82, 2.24) is 0 Å². The first-order valence-electron chi connectivity index (χ1n) is 7.77. The molecule has 2 atom stereocenters. The maximum Gasteiger partial charge on any atom is 0.336 e. The van der Waals surface area contributed by atoms with Crippen LogP contribution in [0, 0.1) is 0 Å². The van der Waals surface area contributed by atoms with Gasteiger partial charge in [0.05, 0.1) is 25.1 Å². The van der Waals surface area contributed by atoms with Gasteiger partial charge in [0.1, 0.15) is 0 Å². The normalized spacial score (nSPS) is 13.4. The third-order valence-electron chi connectivity index (χ3n) is 3.55. The van der Waals surface area contributed by atoms with Gasteiger partial charge in [0.15, 0.2) is 11.8 Å². The molecule has 0 saturated carbocycles. The summed E-state index contributed by atoms with van der Waals surface area (Å²) in [7, 11) is 1.07. The van der Waals surface area contributed by atoms with Crippen LogP contribution in [0.1, 0.15) is 20.3 Å². The minimum Gasteiger partial charge on any atom is -0.481 e. The fourth-order valence-electron chi connectivity index (χ4n) is 2.24. The number of hydrogen-bond donors (Lipinski definition) is 3. The number of ketones is 1. The predicted octanol–water partition coefficient (Wildman–Crippen LogP) is -0.330. The van der Waals surface area contributed by atoms with Crippen molar-refractivity contribution in [3.63, 3.8) is 0 Å². The lowest BCUT2D eigenvalue weighted by molar-refractivity contribution is -0.148. The Hall–Kier alpha value is -2.78. The highest BCUT2D eigenvalue weighted by atomic mass is 16.5. The van der Waals surface area contributed by atoms with Crippen molar-refractivity contribution in [1.29, 1.82) is 0 Å². The van der Waals surface area contributed by atoms with Crippen LogP contribution in [0.5, 0.6) is 0 Å². The summed E-state index contributed by atoms with van der Waals surface area (Å²) in [6, 6.07) is 4.65.